The molecule has 17 heteroatoms. The summed E-state index contributed by atoms with van der Waals surface area (Å²) in [6.07, 6.45) is 3.51. The first-order valence-corrected chi connectivity index (χ1v) is 17.2. The van der Waals surface area contributed by atoms with Crippen LogP contribution in [-0.4, -0.2) is 93.4 Å². The molecule has 16 nitrogen and oxygen atoms in total. The molecule has 3 aromatic heterocycles. The Morgan fingerprint density at radius 2 is 1.79 bits per heavy atom. The maximum absolute atomic E-state index is 12.8. The molecular weight excluding hydrogens is 690 g/mol. The van der Waals surface area contributed by atoms with E-state index in [1.807, 2.05) is 43.4 Å². The molecule has 0 saturated carbocycles. The van der Waals surface area contributed by atoms with Crippen molar-refractivity contribution in [2.45, 2.75) is 25.3 Å². The SMILES string of the molecule is CN(C)C(=O)COc1cc2cc(Nc3nc(N4CCC(Nc5ccc6c(N7CCC(=O)NC7=O)nn(C)c6c5)CC4)ncc3Cl)ccc2n(C)c1=O. The molecule has 3 N–H and O–H groups in total. The predicted octanol–water partition coefficient (Wildman–Crippen LogP) is 3.61. The topological polar surface area (TPSA) is 172 Å². The van der Waals surface area contributed by atoms with Crippen molar-refractivity contribution < 1.29 is 19.1 Å². The highest BCUT2D eigenvalue weighted by Crippen LogP contribution is 2.31. The molecule has 2 fully saturated rings. The summed E-state index contributed by atoms with van der Waals surface area (Å²) in [6.45, 7) is 1.49. The standard InChI is InChI=1S/C35H38ClN11O5/c1-43(2)30(49)19-52-28-16-20-15-22(6-8-26(20)44(3)33(28)50)39-31-25(36)18-37-34(41-31)46-12-9-21(10-13-46)38-23-5-7-24-27(17-23)45(4)42-32(24)47-14-11-29(48)40-35(47)51/h5-8,15-18,21,38H,9-14,19H2,1-4H3,(H,37,39,41)(H,40,48,51). The van der Waals surface area contributed by atoms with Crippen LogP contribution >= 0.6 is 11.6 Å². The van der Waals surface area contributed by atoms with Gasteiger partial charge in [-0.3, -0.25) is 29.3 Å². The van der Waals surface area contributed by atoms with Crippen LogP contribution in [0.2, 0.25) is 5.02 Å². The van der Waals surface area contributed by atoms with Crippen LogP contribution in [0, 0.1) is 0 Å². The number of halogens is 1. The number of hydrogen-bond acceptors (Lipinski definition) is 11. The van der Waals surface area contributed by atoms with Gasteiger partial charge in [-0.05, 0) is 55.3 Å². The Morgan fingerprint density at radius 1 is 1.02 bits per heavy atom. The van der Waals surface area contributed by atoms with E-state index >= 15 is 0 Å². The lowest BCUT2D eigenvalue weighted by molar-refractivity contribution is -0.130. The minimum atomic E-state index is -0.461. The molecule has 52 heavy (non-hydrogen) atoms. The number of imide groups is 1. The molecule has 0 atom stereocenters. The van der Waals surface area contributed by atoms with Crippen LogP contribution < -0.4 is 36.0 Å². The quantitative estimate of drug-likeness (QED) is 0.203. The molecule has 2 aliphatic heterocycles. The van der Waals surface area contributed by atoms with Crippen molar-refractivity contribution in [1.82, 2.24) is 34.5 Å². The van der Waals surface area contributed by atoms with E-state index in [1.54, 1.807) is 38.1 Å². The first-order chi connectivity index (χ1) is 24.9. The highest BCUT2D eigenvalue weighted by atomic mass is 35.5. The minimum absolute atomic E-state index is 0.0808. The summed E-state index contributed by atoms with van der Waals surface area (Å²) in [6, 6.07) is 12.9. The monoisotopic (exact) mass is 727 g/mol. The summed E-state index contributed by atoms with van der Waals surface area (Å²) in [4.78, 5) is 63.2. The van der Waals surface area contributed by atoms with E-state index in [-0.39, 0.29) is 48.7 Å². The van der Waals surface area contributed by atoms with E-state index < -0.39 is 6.03 Å². The highest BCUT2D eigenvalue weighted by molar-refractivity contribution is 6.33. The van der Waals surface area contributed by atoms with Crippen molar-refractivity contribution in [3.05, 3.63) is 64.0 Å². The van der Waals surface area contributed by atoms with E-state index in [1.165, 1.54) is 14.4 Å². The number of ether oxygens (including phenoxy) is 1. The summed E-state index contributed by atoms with van der Waals surface area (Å²) in [5.41, 5.74) is 2.88. The fourth-order valence-corrected chi connectivity index (χ4v) is 6.53. The van der Waals surface area contributed by atoms with Crippen LogP contribution in [0.5, 0.6) is 5.75 Å². The smallest absolute Gasteiger partial charge is 0.329 e. The molecule has 5 heterocycles. The molecule has 0 bridgehead atoms. The van der Waals surface area contributed by atoms with Crippen molar-refractivity contribution in [2.75, 3.05) is 60.8 Å². The van der Waals surface area contributed by atoms with E-state index in [9.17, 15) is 19.2 Å². The van der Waals surface area contributed by atoms with Crippen molar-refractivity contribution in [1.29, 1.82) is 0 Å². The van der Waals surface area contributed by atoms with Gasteiger partial charge < -0.3 is 29.7 Å². The zero-order valence-corrected chi connectivity index (χ0v) is 29.9. The molecule has 0 aliphatic carbocycles. The van der Waals surface area contributed by atoms with Gasteiger partial charge in [0.15, 0.2) is 24.0 Å². The van der Waals surface area contributed by atoms with E-state index in [0.717, 1.165) is 47.9 Å². The summed E-state index contributed by atoms with van der Waals surface area (Å²) in [7, 11) is 6.74. The number of likely N-dealkylation sites (N-methyl/N-ethyl adjacent to an activating group) is 1. The number of nitrogens with zero attached hydrogens (tertiary/aromatic N) is 8. The Balaban J connectivity index is 1.01. The maximum atomic E-state index is 12.8. The van der Waals surface area contributed by atoms with Gasteiger partial charge in [0.1, 0.15) is 5.02 Å². The largest absolute Gasteiger partial charge is 0.478 e. The minimum Gasteiger partial charge on any atom is -0.478 e. The number of anilines is 5. The number of urea groups is 1. The first-order valence-electron chi connectivity index (χ1n) is 16.8. The number of carbonyl (C=O) groups excluding carboxylic acids is 3. The van der Waals surface area contributed by atoms with Crippen LogP contribution in [-0.2, 0) is 23.7 Å². The molecule has 2 saturated heterocycles. The van der Waals surface area contributed by atoms with Crippen molar-refractivity contribution in [3.63, 3.8) is 0 Å². The lowest BCUT2D eigenvalue weighted by atomic mass is 10.0. The molecule has 0 unspecified atom stereocenters. The van der Waals surface area contributed by atoms with Crippen LogP contribution in [0.4, 0.5) is 33.8 Å². The number of hydrogen-bond donors (Lipinski definition) is 3. The number of aromatic nitrogens is 5. The summed E-state index contributed by atoms with van der Waals surface area (Å²) in [5.74, 6) is 1.08. The number of fused-ring (bicyclic) bond motifs is 2. The van der Waals surface area contributed by atoms with Gasteiger partial charge in [-0.1, -0.05) is 11.6 Å². The van der Waals surface area contributed by atoms with Gasteiger partial charge in [0, 0.05) is 82.4 Å². The molecule has 7 rings (SSSR count). The molecular formula is C35H38ClN11O5. The van der Waals surface area contributed by atoms with Crippen molar-refractivity contribution >= 4 is 80.2 Å². The van der Waals surface area contributed by atoms with Gasteiger partial charge in [-0.2, -0.15) is 10.1 Å². The molecule has 270 valence electrons. The molecule has 0 radical (unpaired) electrons. The third-order valence-corrected chi connectivity index (χ3v) is 9.60. The lowest BCUT2D eigenvalue weighted by Gasteiger charge is -2.33. The van der Waals surface area contributed by atoms with E-state index in [2.05, 4.69) is 30.9 Å². The number of piperidine rings is 1. The van der Waals surface area contributed by atoms with Gasteiger partial charge in [0.25, 0.3) is 11.5 Å². The number of amides is 4. The van der Waals surface area contributed by atoms with Crippen molar-refractivity contribution in [3.8, 4) is 5.75 Å². The molecule has 4 amide bonds. The molecule has 0 spiro atoms. The predicted molar refractivity (Wildman–Crippen MR) is 199 cm³/mol. The molecule has 2 aliphatic rings. The zero-order valence-electron chi connectivity index (χ0n) is 29.1. The average Bonchev–Trinajstić information content (AvgIpc) is 3.45. The number of aryl methyl sites for hydroxylation is 2. The van der Waals surface area contributed by atoms with Crippen LogP contribution in [0.15, 0.2) is 53.5 Å². The fraction of sp³-hybridized carbons (Fsp3) is 0.343. The summed E-state index contributed by atoms with van der Waals surface area (Å²) >= 11 is 6.54. The Morgan fingerprint density at radius 3 is 2.54 bits per heavy atom. The van der Waals surface area contributed by atoms with E-state index in [0.29, 0.717) is 33.8 Å². The molecule has 2 aromatic carbocycles. The summed E-state index contributed by atoms with van der Waals surface area (Å²) in [5, 5.41) is 15.8. The van der Waals surface area contributed by atoms with E-state index in [4.69, 9.17) is 21.3 Å². The normalized spacial score (nSPS) is 15.2. The number of benzene rings is 2. The highest BCUT2D eigenvalue weighted by Gasteiger charge is 2.28. The Hall–Kier alpha value is -5.90. The van der Waals surface area contributed by atoms with Gasteiger partial charge >= 0.3 is 6.03 Å². The number of rotatable bonds is 9. The Labute approximate surface area is 303 Å². The van der Waals surface area contributed by atoms with Crippen LogP contribution in [0.3, 0.4) is 0 Å². The number of nitrogens with one attached hydrogen (secondary N) is 3. The number of pyridine rings is 1. The second kappa shape index (κ2) is 14.0. The lowest BCUT2D eigenvalue weighted by Crippen LogP contribution is -2.49. The van der Waals surface area contributed by atoms with Crippen LogP contribution in [0.25, 0.3) is 21.8 Å². The third-order valence-electron chi connectivity index (χ3n) is 9.33. The average molecular weight is 728 g/mol. The third kappa shape index (κ3) is 6.88. The number of carbonyl (C=O) groups is 3. The molecule has 5 aromatic rings. The second-order valence-corrected chi connectivity index (χ2v) is 13.5. The fourth-order valence-electron chi connectivity index (χ4n) is 6.39. The zero-order chi connectivity index (χ0) is 36.7. The Bertz CT molecular complexity index is 2280. The Kier molecular flexibility index (Phi) is 9.31. The van der Waals surface area contributed by atoms with Crippen molar-refractivity contribution in [2.24, 2.45) is 14.1 Å². The maximum Gasteiger partial charge on any atom is 0.329 e. The first kappa shape index (κ1) is 34.5. The van der Waals surface area contributed by atoms with Gasteiger partial charge in [-0.15, -0.1) is 0 Å². The van der Waals surface area contributed by atoms with Crippen LogP contribution in [0.1, 0.15) is 19.3 Å². The van der Waals surface area contributed by atoms with Gasteiger partial charge in [0.05, 0.1) is 17.2 Å². The van der Waals surface area contributed by atoms with Gasteiger partial charge in [0.2, 0.25) is 11.9 Å². The second-order valence-electron chi connectivity index (χ2n) is 13.1. The van der Waals surface area contributed by atoms with Gasteiger partial charge in [-0.25, -0.2) is 9.78 Å². The summed E-state index contributed by atoms with van der Waals surface area (Å²) < 4.78 is 8.81.